The van der Waals surface area contributed by atoms with Gasteiger partial charge in [0.25, 0.3) is 0 Å². The first-order valence-corrected chi connectivity index (χ1v) is 6.22. The predicted octanol–water partition coefficient (Wildman–Crippen LogP) is 4.03. The van der Waals surface area contributed by atoms with E-state index >= 15 is 0 Å². The van der Waals surface area contributed by atoms with Gasteiger partial charge in [-0.25, -0.2) is 0 Å². The highest BCUT2D eigenvalue weighted by atomic mass is 16.3. The summed E-state index contributed by atoms with van der Waals surface area (Å²) in [6.07, 6.45) is 3.11. The van der Waals surface area contributed by atoms with Crippen molar-refractivity contribution in [3.05, 3.63) is 35.4 Å². The van der Waals surface area contributed by atoms with Crippen molar-refractivity contribution < 1.29 is 5.11 Å². The van der Waals surface area contributed by atoms with E-state index in [1.54, 1.807) is 0 Å². The number of hydrogen-bond donors (Lipinski definition) is 1. The van der Waals surface area contributed by atoms with E-state index in [-0.39, 0.29) is 0 Å². The topological polar surface area (TPSA) is 20.2 Å². The molecule has 1 nitrogen and oxygen atoms in total. The van der Waals surface area contributed by atoms with Crippen molar-refractivity contribution in [3.8, 4) is 0 Å². The summed E-state index contributed by atoms with van der Waals surface area (Å²) in [5, 5.41) is 10.5. The summed E-state index contributed by atoms with van der Waals surface area (Å²) < 4.78 is 0. The Morgan fingerprint density at radius 1 is 1.25 bits per heavy atom. The molecule has 0 saturated carbocycles. The van der Waals surface area contributed by atoms with Gasteiger partial charge in [0, 0.05) is 0 Å². The lowest BCUT2D eigenvalue weighted by Gasteiger charge is -2.26. The molecule has 0 spiro atoms. The van der Waals surface area contributed by atoms with E-state index < -0.39 is 5.60 Å². The fourth-order valence-corrected chi connectivity index (χ4v) is 2.17. The second-order valence-electron chi connectivity index (χ2n) is 5.37. The van der Waals surface area contributed by atoms with E-state index in [1.165, 1.54) is 12.0 Å². The molecule has 1 N–H and O–H groups in total. The van der Waals surface area contributed by atoms with Crippen LogP contribution in [0.5, 0.6) is 0 Å². The summed E-state index contributed by atoms with van der Waals surface area (Å²) in [4.78, 5) is 0. The van der Waals surface area contributed by atoms with Crippen LogP contribution in [0.2, 0.25) is 0 Å². The molecular weight excluding hydrogens is 196 g/mol. The van der Waals surface area contributed by atoms with Crippen molar-refractivity contribution in [2.24, 2.45) is 5.92 Å². The first-order chi connectivity index (χ1) is 7.43. The molecule has 1 aromatic rings. The summed E-state index contributed by atoms with van der Waals surface area (Å²) >= 11 is 0. The third kappa shape index (κ3) is 3.64. The fraction of sp³-hybridized carbons (Fsp3) is 0.600. The van der Waals surface area contributed by atoms with Gasteiger partial charge in [0.15, 0.2) is 0 Å². The maximum absolute atomic E-state index is 10.5. The number of rotatable bonds is 5. The summed E-state index contributed by atoms with van der Waals surface area (Å²) in [6, 6.07) is 8.11. The van der Waals surface area contributed by atoms with Crippen LogP contribution in [0.25, 0.3) is 0 Å². The molecule has 0 radical (unpaired) electrons. The van der Waals surface area contributed by atoms with Crippen LogP contribution in [0, 0.1) is 12.8 Å². The predicted molar refractivity (Wildman–Crippen MR) is 69.4 cm³/mol. The van der Waals surface area contributed by atoms with Gasteiger partial charge in [-0.15, -0.1) is 0 Å². The van der Waals surface area contributed by atoms with Crippen molar-refractivity contribution in [3.63, 3.8) is 0 Å². The molecule has 0 fully saturated rings. The molecule has 0 aliphatic heterocycles. The highest BCUT2D eigenvalue weighted by Crippen LogP contribution is 2.29. The Kier molecular flexibility index (Phi) is 4.55. The van der Waals surface area contributed by atoms with Crippen LogP contribution in [-0.2, 0) is 5.60 Å². The van der Waals surface area contributed by atoms with Gasteiger partial charge in [-0.1, -0.05) is 44.5 Å². The van der Waals surface area contributed by atoms with Gasteiger partial charge in [0.2, 0.25) is 0 Å². The lowest BCUT2D eigenvalue weighted by atomic mass is 9.87. The minimum absolute atomic E-state index is 0.680. The normalized spacial score (nSPS) is 15.1. The lowest BCUT2D eigenvalue weighted by molar-refractivity contribution is 0.0435. The van der Waals surface area contributed by atoms with Gasteiger partial charge < -0.3 is 5.11 Å². The Bertz CT molecular complexity index is 326. The van der Waals surface area contributed by atoms with Crippen LogP contribution in [0.1, 0.15) is 51.2 Å². The third-order valence-corrected chi connectivity index (χ3v) is 3.17. The van der Waals surface area contributed by atoms with Crippen molar-refractivity contribution in [2.45, 2.75) is 52.6 Å². The highest BCUT2D eigenvalue weighted by molar-refractivity contribution is 5.30. The van der Waals surface area contributed by atoms with E-state index in [1.807, 2.05) is 25.1 Å². The number of hydrogen-bond acceptors (Lipinski definition) is 1. The molecule has 1 aromatic carbocycles. The molecule has 1 atom stereocenters. The van der Waals surface area contributed by atoms with Crippen LogP contribution in [0.3, 0.4) is 0 Å². The molecule has 16 heavy (non-hydrogen) atoms. The Morgan fingerprint density at radius 2 is 1.88 bits per heavy atom. The number of aryl methyl sites for hydroxylation is 1. The van der Waals surface area contributed by atoms with Gasteiger partial charge in [-0.2, -0.15) is 0 Å². The maximum atomic E-state index is 10.5. The second kappa shape index (κ2) is 5.49. The quantitative estimate of drug-likeness (QED) is 0.794. The zero-order chi connectivity index (χ0) is 12.2. The molecule has 0 aromatic heterocycles. The molecule has 0 amide bonds. The smallest absolute Gasteiger partial charge is 0.0871 e. The van der Waals surface area contributed by atoms with Crippen LogP contribution in [-0.4, -0.2) is 5.11 Å². The first kappa shape index (κ1) is 13.2. The SMILES string of the molecule is Cc1ccccc1C(C)(O)CCCC(C)C. The highest BCUT2D eigenvalue weighted by Gasteiger charge is 2.23. The summed E-state index contributed by atoms with van der Waals surface area (Å²) in [5.74, 6) is 0.715. The van der Waals surface area contributed by atoms with E-state index in [2.05, 4.69) is 26.8 Å². The molecule has 0 heterocycles. The summed E-state index contributed by atoms with van der Waals surface area (Å²) in [6.45, 7) is 8.44. The number of aliphatic hydroxyl groups is 1. The van der Waals surface area contributed by atoms with Crippen LogP contribution in [0.4, 0.5) is 0 Å². The van der Waals surface area contributed by atoms with Gasteiger partial charge in [0.05, 0.1) is 5.60 Å². The van der Waals surface area contributed by atoms with Crippen LogP contribution >= 0.6 is 0 Å². The monoisotopic (exact) mass is 220 g/mol. The van der Waals surface area contributed by atoms with Crippen molar-refractivity contribution in [1.29, 1.82) is 0 Å². The van der Waals surface area contributed by atoms with Gasteiger partial charge in [0.1, 0.15) is 0 Å². The minimum atomic E-state index is -0.680. The average molecular weight is 220 g/mol. The van der Waals surface area contributed by atoms with Crippen LogP contribution in [0.15, 0.2) is 24.3 Å². The standard InChI is InChI=1S/C15H24O/c1-12(2)8-7-11-15(4,16)14-10-6-5-9-13(14)3/h5-6,9-10,12,16H,7-8,11H2,1-4H3. The Morgan fingerprint density at radius 3 is 2.44 bits per heavy atom. The summed E-state index contributed by atoms with van der Waals surface area (Å²) in [5.41, 5.74) is 1.57. The van der Waals surface area contributed by atoms with E-state index in [0.29, 0.717) is 5.92 Å². The average Bonchev–Trinajstić information content (AvgIpc) is 2.17. The fourth-order valence-electron chi connectivity index (χ4n) is 2.17. The van der Waals surface area contributed by atoms with Gasteiger partial charge in [-0.05, 0) is 43.7 Å². The van der Waals surface area contributed by atoms with Crippen molar-refractivity contribution in [1.82, 2.24) is 0 Å². The largest absolute Gasteiger partial charge is 0.385 e. The molecule has 0 saturated heterocycles. The zero-order valence-corrected chi connectivity index (χ0v) is 11.0. The molecule has 1 rings (SSSR count). The second-order valence-corrected chi connectivity index (χ2v) is 5.37. The molecule has 0 aliphatic rings. The first-order valence-electron chi connectivity index (χ1n) is 6.22. The van der Waals surface area contributed by atoms with Gasteiger partial charge >= 0.3 is 0 Å². The zero-order valence-electron chi connectivity index (χ0n) is 11.0. The molecular formula is C15H24O. The molecule has 1 unspecified atom stereocenters. The van der Waals surface area contributed by atoms with Gasteiger partial charge in [-0.3, -0.25) is 0 Å². The molecule has 90 valence electrons. The molecule has 0 aliphatic carbocycles. The Labute approximate surface area is 99.5 Å². The van der Waals surface area contributed by atoms with Crippen molar-refractivity contribution >= 4 is 0 Å². The van der Waals surface area contributed by atoms with E-state index in [0.717, 1.165) is 18.4 Å². The maximum Gasteiger partial charge on any atom is 0.0871 e. The minimum Gasteiger partial charge on any atom is -0.385 e. The van der Waals surface area contributed by atoms with Crippen molar-refractivity contribution in [2.75, 3.05) is 0 Å². The van der Waals surface area contributed by atoms with E-state index in [4.69, 9.17) is 0 Å². The Balaban J connectivity index is 2.66. The Hall–Kier alpha value is -0.820. The lowest BCUT2D eigenvalue weighted by Crippen LogP contribution is -2.22. The summed E-state index contributed by atoms with van der Waals surface area (Å²) in [7, 11) is 0. The number of benzene rings is 1. The molecule has 0 bridgehead atoms. The third-order valence-electron chi connectivity index (χ3n) is 3.17. The molecule has 1 heteroatoms. The van der Waals surface area contributed by atoms with E-state index in [9.17, 15) is 5.11 Å². The van der Waals surface area contributed by atoms with Crippen LogP contribution < -0.4 is 0 Å².